The number of thiophene rings is 1. The molecule has 0 aliphatic carbocycles. The molecule has 1 aromatic carbocycles. The van der Waals surface area contributed by atoms with Crippen molar-refractivity contribution in [3.05, 3.63) is 53.3 Å². The maximum atomic E-state index is 14.7. The molecule has 1 N–H and O–H groups in total. The number of fused-ring (bicyclic) bond motifs is 1. The number of carboxylic acids is 1. The minimum absolute atomic E-state index is 0. The maximum Gasteiger partial charge on any atom is 0.303 e. The molecule has 2 unspecified atom stereocenters. The third-order valence-electron chi connectivity index (χ3n) is 6.70. The van der Waals surface area contributed by atoms with E-state index in [-0.39, 0.29) is 43.0 Å². The van der Waals surface area contributed by atoms with Crippen LogP contribution in [0.15, 0.2) is 46.1 Å². The van der Waals surface area contributed by atoms with Gasteiger partial charge in [0.15, 0.2) is 0 Å². The van der Waals surface area contributed by atoms with E-state index in [1.165, 1.54) is 10.4 Å². The molecule has 0 radical (unpaired) electrons. The van der Waals surface area contributed by atoms with Crippen molar-refractivity contribution in [2.45, 2.75) is 36.3 Å². The highest BCUT2D eigenvalue weighted by molar-refractivity contribution is 8.01. The number of nitrogens with zero attached hydrogens (tertiary/aromatic N) is 2. The summed E-state index contributed by atoms with van der Waals surface area (Å²) in [5.74, 6) is 1.17. The van der Waals surface area contributed by atoms with Crippen LogP contribution in [0.5, 0.6) is 5.75 Å². The molecule has 0 saturated carbocycles. The summed E-state index contributed by atoms with van der Waals surface area (Å²) < 4.78 is 21.3. The van der Waals surface area contributed by atoms with E-state index in [2.05, 4.69) is 27.4 Å². The van der Waals surface area contributed by atoms with Gasteiger partial charge in [-0.2, -0.15) is 0 Å². The molecule has 10 heteroatoms. The Balaban J connectivity index is 0.00000228. The summed E-state index contributed by atoms with van der Waals surface area (Å²) in [7, 11) is 1.60. The second-order valence-electron chi connectivity index (χ2n) is 8.85. The first kappa shape index (κ1) is 30.6. The van der Waals surface area contributed by atoms with Crippen molar-refractivity contribution in [1.29, 1.82) is 0 Å². The van der Waals surface area contributed by atoms with Crippen LogP contribution in [0.4, 0.5) is 4.39 Å². The average Bonchev–Trinajstić information content (AvgIpc) is 3.34. The normalized spacial score (nSPS) is 17.8. The molecule has 1 fully saturated rings. The number of thioether (sulfide) groups is 1. The van der Waals surface area contributed by atoms with E-state index in [0.717, 1.165) is 55.6 Å². The van der Waals surface area contributed by atoms with Gasteiger partial charge in [0.2, 0.25) is 0 Å². The molecule has 0 spiro atoms. The molecule has 1 aliphatic rings. The molecule has 3 aromatic rings. The van der Waals surface area contributed by atoms with Gasteiger partial charge in [-0.15, -0.1) is 47.9 Å². The Morgan fingerprint density at radius 1 is 1.31 bits per heavy atom. The number of methoxy groups -OCH3 is 1. The smallest absolute Gasteiger partial charge is 0.303 e. The lowest BCUT2D eigenvalue weighted by Gasteiger charge is -2.38. The Labute approximate surface area is 232 Å². The predicted octanol–water partition coefficient (Wildman–Crippen LogP) is 6.82. The molecule has 0 amide bonds. The highest BCUT2D eigenvalue weighted by Gasteiger charge is 2.30. The number of carboxylic acid groups (broad SMARTS) is 1. The van der Waals surface area contributed by atoms with Crippen molar-refractivity contribution in [3.63, 3.8) is 0 Å². The van der Waals surface area contributed by atoms with Crippen molar-refractivity contribution >= 4 is 64.8 Å². The van der Waals surface area contributed by atoms with E-state index < -0.39 is 5.97 Å². The van der Waals surface area contributed by atoms with Crippen molar-refractivity contribution in [2.75, 3.05) is 32.5 Å². The summed E-state index contributed by atoms with van der Waals surface area (Å²) in [5.41, 5.74) is 1.43. The van der Waals surface area contributed by atoms with E-state index in [0.29, 0.717) is 23.7 Å². The van der Waals surface area contributed by atoms with Gasteiger partial charge in [-0.25, -0.2) is 4.39 Å². The van der Waals surface area contributed by atoms with Crippen LogP contribution in [-0.4, -0.2) is 53.5 Å². The Morgan fingerprint density at radius 2 is 2.14 bits per heavy atom. The van der Waals surface area contributed by atoms with Crippen molar-refractivity contribution in [3.8, 4) is 5.75 Å². The third kappa shape index (κ3) is 8.21. The van der Waals surface area contributed by atoms with Crippen LogP contribution in [0.1, 0.15) is 31.2 Å². The van der Waals surface area contributed by atoms with E-state index in [4.69, 9.17) is 4.74 Å². The van der Waals surface area contributed by atoms with Crippen LogP contribution in [0.25, 0.3) is 10.9 Å². The van der Waals surface area contributed by atoms with E-state index >= 15 is 0 Å². The van der Waals surface area contributed by atoms with Gasteiger partial charge in [0.25, 0.3) is 0 Å². The average molecular weight is 576 g/mol. The van der Waals surface area contributed by atoms with Gasteiger partial charge in [-0.1, -0.05) is 6.07 Å². The number of aryl methyl sites for hydroxylation is 1. The van der Waals surface area contributed by atoms with Crippen LogP contribution in [0.2, 0.25) is 0 Å². The van der Waals surface area contributed by atoms with Gasteiger partial charge in [-0.3, -0.25) is 9.78 Å². The lowest BCUT2D eigenvalue weighted by atomic mass is 9.80. The topological polar surface area (TPSA) is 62.7 Å². The number of ether oxygens (including phenoxy) is 1. The number of aromatic nitrogens is 1. The highest BCUT2D eigenvalue weighted by atomic mass is 35.5. The van der Waals surface area contributed by atoms with Crippen LogP contribution in [0, 0.1) is 17.7 Å². The lowest BCUT2D eigenvalue weighted by Crippen LogP contribution is -2.42. The zero-order chi connectivity index (χ0) is 23.9. The van der Waals surface area contributed by atoms with Gasteiger partial charge in [-0.05, 0) is 79.3 Å². The number of likely N-dealkylation sites (tertiary alicyclic amines) is 1. The lowest BCUT2D eigenvalue weighted by molar-refractivity contribution is -0.139. The second-order valence-corrected chi connectivity index (χ2v) is 11.2. The first-order valence-electron chi connectivity index (χ1n) is 11.7. The maximum absolute atomic E-state index is 14.7. The van der Waals surface area contributed by atoms with Gasteiger partial charge in [0, 0.05) is 30.6 Å². The number of carbonyl (C=O) groups is 1. The Bertz CT molecular complexity index is 1100. The summed E-state index contributed by atoms with van der Waals surface area (Å²) in [6, 6.07) is 9.74. The molecule has 1 aliphatic heterocycles. The fraction of sp³-hybridized carbons (Fsp3) is 0.462. The standard InChI is InChI=1S/C26H31FN2O3S2.2ClH/c1-32-20-7-8-24-22(15-20)21(23(27)16-28-24)5-2-4-18-9-10-29(17-19(18)14-25(30)31)11-13-34-26-6-3-12-33-26;;/h3,6-8,12,15-16,18-19H,2,4-5,9-11,13-14,17H2,1H3,(H,30,31);2*1H. The molecular formula is C26H33Cl2FN2O3S2. The Hall–Kier alpha value is -1.58. The first-order valence-corrected chi connectivity index (χ1v) is 13.6. The van der Waals surface area contributed by atoms with E-state index in [9.17, 15) is 14.3 Å². The van der Waals surface area contributed by atoms with Gasteiger partial charge < -0.3 is 14.7 Å². The van der Waals surface area contributed by atoms with Crippen molar-refractivity contribution in [1.82, 2.24) is 9.88 Å². The Morgan fingerprint density at radius 3 is 2.86 bits per heavy atom. The van der Waals surface area contributed by atoms with Crippen molar-refractivity contribution in [2.24, 2.45) is 11.8 Å². The zero-order valence-electron chi connectivity index (χ0n) is 20.2. The fourth-order valence-corrected chi connectivity index (χ4v) is 6.80. The summed E-state index contributed by atoms with van der Waals surface area (Å²) in [5, 5.41) is 12.4. The molecule has 3 heterocycles. The zero-order valence-corrected chi connectivity index (χ0v) is 23.5. The van der Waals surface area contributed by atoms with Gasteiger partial charge in [0.05, 0.1) is 23.0 Å². The first-order chi connectivity index (χ1) is 16.5. The van der Waals surface area contributed by atoms with E-state index in [1.54, 1.807) is 18.4 Å². The molecule has 2 aromatic heterocycles. The SMILES string of the molecule is COc1ccc2ncc(F)c(CCCC3CCN(CCSc4cccs4)CC3CC(=O)O)c2c1.Cl.Cl. The predicted molar refractivity (Wildman–Crippen MR) is 151 cm³/mol. The number of rotatable bonds is 11. The third-order valence-corrected chi connectivity index (χ3v) is 8.81. The summed E-state index contributed by atoms with van der Waals surface area (Å²) in [6.45, 7) is 2.79. The number of hydrogen-bond donors (Lipinski definition) is 1. The minimum Gasteiger partial charge on any atom is -0.497 e. The molecule has 1 saturated heterocycles. The number of piperidine rings is 1. The summed E-state index contributed by atoms with van der Waals surface area (Å²) in [6.07, 6.45) is 4.82. The monoisotopic (exact) mass is 574 g/mol. The number of aliphatic carboxylic acids is 1. The van der Waals surface area contributed by atoms with Crippen molar-refractivity contribution < 1.29 is 19.0 Å². The Kier molecular flexibility index (Phi) is 12.8. The number of hydrogen-bond acceptors (Lipinski definition) is 6. The molecule has 36 heavy (non-hydrogen) atoms. The molecule has 0 bridgehead atoms. The largest absolute Gasteiger partial charge is 0.497 e. The molecule has 4 rings (SSSR count). The summed E-state index contributed by atoms with van der Waals surface area (Å²) in [4.78, 5) is 18.2. The molecule has 198 valence electrons. The van der Waals surface area contributed by atoms with E-state index in [1.807, 2.05) is 30.0 Å². The van der Waals surface area contributed by atoms with Crippen LogP contribution in [0.3, 0.4) is 0 Å². The quantitative estimate of drug-likeness (QED) is 0.254. The van der Waals surface area contributed by atoms with Crippen LogP contribution >= 0.6 is 47.9 Å². The fourth-order valence-electron chi connectivity index (χ4n) is 4.94. The minimum atomic E-state index is -0.733. The highest BCUT2D eigenvalue weighted by Crippen LogP contribution is 2.33. The number of halogens is 3. The second kappa shape index (κ2) is 15.0. The van der Waals surface area contributed by atoms with Gasteiger partial charge >= 0.3 is 5.97 Å². The molecule has 2 atom stereocenters. The van der Waals surface area contributed by atoms with Crippen LogP contribution in [-0.2, 0) is 11.2 Å². The molecular weight excluding hydrogens is 542 g/mol. The number of pyridine rings is 1. The van der Waals surface area contributed by atoms with Crippen LogP contribution < -0.4 is 4.74 Å². The van der Waals surface area contributed by atoms with Gasteiger partial charge in [0.1, 0.15) is 11.6 Å². The summed E-state index contributed by atoms with van der Waals surface area (Å²) >= 11 is 3.62. The molecule has 5 nitrogen and oxygen atoms in total. The number of benzene rings is 1.